The highest BCUT2D eigenvalue weighted by molar-refractivity contribution is 9.10. The van der Waals surface area contributed by atoms with Crippen molar-refractivity contribution in [3.05, 3.63) is 55.3 Å². The van der Waals surface area contributed by atoms with E-state index in [0.29, 0.717) is 48.2 Å². The smallest absolute Gasteiger partial charge is 0.341 e. The summed E-state index contributed by atoms with van der Waals surface area (Å²) in [5.41, 5.74) is 1.09. The predicted octanol–water partition coefficient (Wildman–Crippen LogP) is 5.51. The molecule has 31 heavy (non-hydrogen) atoms. The average molecular weight is 546 g/mol. The lowest BCUT2D eigenvalue weighted by Gasteiger charge is -2.13. The van der Waals surface area contributed by atoms with Gasteiger partial charge in [0.15, 0.2) is 23.3 Å². The Balaban J connectivity index is 1.88. The van der Waals surface area contributed by atoms with Gasteiger partial charge in [0.1, 0.15) is 0 Å². The van der Waals surface area contributed by atoms with Crippen molar-refractivity contribution in [3.8, 4) is 11.5 Å². The van der Waals surface area contributed by atoms with Crippen molar-refractivity contribution in [2.45, 2.75) is 6.92 Å². The summed E-state index contributed by atoms with van der Waals surface area (Å²) in [6, 6.07) is 8.42. The SMILES string of the molecule is CCOc1cc(/C=C2/SC(=Nc3cccc(Cl)c3Cl)NC2=O)cc(Br)c1OCC(=O)O. The minimum absolute atomic E-state index is 0.271. The first-order chi connectivity index (χ1) is 14.8. The molecule has 0 unspecified atom stereocenters. The molecule has 0 aliphatic carbocycles. The molecule has 1 amide bonds. The maximum absolute atomic E-state index is 12.4. The summed E-state index contributed by atoms with van der Waals surface area (Å²) in [6.45, 7) is 1.63. The first-order valence-electron chi connectivity index (χ1n) is 8.83. The van der Waals surface area contributed by atoms with Crippen LogP contribution in [0.1, 0.15) is 12.5 Å². The lowest BCUT2D eigenvalue weighted by molar-refractivity contribution is -0.139. The van der Waals surface area contributed by atoms with Crippen molar-refractivity contribution in [2.24, 2.45) is 4.99 Å². The van der Waals surface area contributed by atoms with E-state index in [2.05, 4.69) is 26.2 Å². The quantitative estimate of drug-likeness (QED) is 0.445. The van der Waals surface area contributed by atoms with Gasteiger partial charge in [-0.3, -0.25) is 4.79 Å². The number of hydrogen-bond acceptors (Lipinski definition) is 6. The van der Waals surface area contributed by atoms with Gasteiger partial charge in [-0.1, -0.05) is 29.3 Å². The van der Waals surface area contributed by atoms with Crippen molar-refractivity contribution in [2.75, 3.05) is 13.2 Å². The van der Waals surface area contributed by atoms with Crippen molar-refractivity contribution in [1.29, 1.82) is 0 Å². The van der Waals surface area contributed by atoms with Crippen LogP contribution >= 0.6 is 50.9 Å². The molecule has 1 aliphatic heterocycles. The number of thioether (sulfide) groups is 1. The van der Waals surface area contributed by atoms with E-state index in [1.54, 1.807) is 43.3 Å². The Bertz CT molecular complexity index is 1110. The fourth-order valence-electron chi connectivity index (χ4n) is 2.53. The summed E-state index contributed by atoms with van der Waals surface area (Å²) in [5.74, 6) is -0.797. The molecule has 0 bridgehead atoms. The van der Waals surface area contributed by atoms with E-state index in [-0.39, 0.29) is 11.7 Å². The Kier molecular flexibility index (Phi) is 7.88. The number of benzene rings is 2. The molecular formula is C20H15BrCl2N2O5S. The van der Waals surface area contributed by atoms with E-state index in [1.165, 1.54) is 0 Å². The zero-order valence-corrected chi connectivity index (χ0v) is 19.9. The van der Waals surface area contributed by atoms with E-state index < -0.39 is 12.6 Å². The molecule has 2 aromatic carbocycles. The van der Waals surface area contributed by atoms with Crippen LogP contribution in [0.15, 0.2) is 44.7 Å². The van der Waals surface area contributed by atoms with E-state index in [1.807, 2.05) is 0 Å². The van der Waals surface area contributed by atoms with Gasteiger partial charge in [0.25, 0.3) is 5.91 Å². The third kappa shape index (κ3) is 5.94. The first-order valence-corrected chi connectivity index (χ1v) is 11.2. The van der Waals surface area contributed by atoms with E-state index in [4.69, 9.17) is 37.8 Å². The minimum Gasteiger partial charge on any atom is -0.490 e. The second-order valence-corrected chi connectivity index (χ2v) is 8.67. The lowest BCUT2D eigenvalue weighted by atomic mass is 10.2. The molecule has 1 saturated heterocycles. The van der Waals surface area contributed by atoms with Crippen LogP contribution in [0.3, 0.4) is 0 Å². The van der Waals surface area contributed by atoms with Crippen LogP contribution < -0.4 is 14.8 Å². The molecule has 0 radical (unpaired) electrons. The fraction of sp³-hybridized carbons (Fsp3) is 0.150. The summed E-state index contributed by atoms with van der Waals surface area (Å²) in [5, 5.41) is 12.6. The van der Waals surface area contributed by atoms with Crippen LogP contribution in [0.5, 0.6) is 11.5 Å². The second-order valence-electron chi connectivity index (χ2n) is 6.00. The second kappa shape index (κ2) is 10.4. The van der Waals surface area contributed by atoms with Gasteiger partial charge in [-0.2, -0.15) is 0 Å². The topological polar surface area (TPSA) is 97.2 Å². The molecule has 0 saturated carbocycles. The number of aliphatic carboxylic acids is 1. The molecule has 1 fully saturated rings. The standard InChI is InChI=1S/C20H15BrCl2N2O5S/c1-2-29-14-7-10(6-11(21)18(14)30-9-16(26)27)8-15-19(28)25-20(31-15)24-13-5-3-4-12(22)17(13)23/h3-8H,2,9H2,1H3,(H,26,27)(H,24,25,28)/b15-8+. The number of carbonyl (C=O) groups is 2. The number of carbonyl (C=O) groups excluding carboxylic acids is 1. The number of ether oxygens (including phenoxy) is 2. The number of carboxylic acid groups (broad SMARTS) is 1. The van der Waals surface area contributed by atoms with E-state index in [9.17, 15) is 9.59 Å². The minimum atomic E-state index is -1.11. The third-order valence-electron chi connectivity index (χ3n) is 3.77. The number of nitrogens with one attached hydrogen (secondary N) is 1. The Hall–Kier alpha value is -2.20. The van der Waals surface area contributed by atoms with Gasteiger partial charge in [0, 0.05) is 0 Å². The largest absolute Gasteiger partial charge is 0.490 e. The van der Waals surface area contributed by atoms with Crippen LogP contribution in [-0.2, 0) is 9.59 Å². The monoisotopic (exact) mass is 544 g/mol. The van der Waals surface area contributed by atoms with Gasteiger partial charge < -0.3 is 19.9 Å². The molecule has 7 nitrogen and oxygen atoms in total. The van der Waals surface area contributed by atoms with Crippen LogP contribution in [0.25, 0.3) is 6.08 Å². The summed E-state index contributed by atoms with van der Waals surface area (Å²) in [4.78, 5) is 28.0. The van der Waals surface area contributed by atoms with Crippen molar-refractivity contribution in [1.82, 2.24) is 5.32 Å². The molecule has 11 heteroatoms. The Morgan fingerprint density at radius 2 is 2.10 bits per heavy atom. The van der Waals surface area contributed by atoms with Crippen LogP contribution in [0.4, 0.5) is 5.69 Å². The average Bonchev–Trinajstić information content (AvgIpc) is 3.03. The summed E-state index contributed by atoms with van der Waals surface area (Å²) >= 11 is 16.7. The molecule has 0 atom stereocenters. The van der Waals surface area contributed by atoms with Crippen molar-refractivity contribution < 1.29 is 24.2 Å². The number of aliphatic imine (C=N–C) groups is 1. The maximum Gasteiger partial charge on any atom is 0.341 e. The van der Waals surface area contributed by atoms with Gasteiger partial charge in [-0.25, -0.2) is 9.79 Å². The number of hydrogen-bond donors (Lipinski definition) is 2. The summed E-state index contributed by atoms with van der Waals surface area (Å²) in [7, 11) is 0. The number of amides is 1. The normalized spacial score (nSPS) is 15.9. The molecule has 0 aromatic heterocycles. The Labute approximate surface area is 200 Å². The molecule has 162 valence electrons. The van der Waals surface area contributed by atoms with Crippen LogP contribution in [-0.4, -0.2) is 35.4 Å². The summed E-state index contributed by atoms with van der Waals surface area (Å²) < 4.78 is 11.4. The predicted molar refractivity (Wildman–Crippen MR) is 126 cm³/mol. The highest BCUT2D eigenvalue weighted by Crippen LogP contribution is 2.39. The molecule has 1 aliphatic rings. The van der Waals surface area contributed by atoms with E-state index in [0.717, 1.165) is 11.8 Å². The number of nitrogens with zero attached hydrogens (tertiary/aromatic N) is 1. The Morgan fingerprint density at radius 1 is 1.32 bits per heavy atom. The number of amidine groups is 1. The van der Waals surface area contributed by atoms with Gasteiger partial charge in [-0.15, -0.1) is 0 Å². The number of rotatable bonds is 7. The Morgan fingerprint density at radius 3 is 2.81 bits per heavy atom. The number of carboxylic acids is 1. The maximum atomic E-state index is 12.4. The number of halogens is 3. The third-order valence-corrected chi connectivity index (χ3v) is 6.08. The highest BCUT2D eigenvalue weighted by Gasteiger charge is 2.25. The van der Waals surface area contributed by atoms with Gasteiger partial charge in [0.2, 0.25) is 0 Å². The van der Waals surface area contributed by atoms with E-state index >= 15 is 0 Å². The van der Waals surface area contributed by atoms with Gasteiger partial charge in [0.05, 0.1) is 31.7 Å². The molecule has 2 aromatic rings. The van der Waals surface area contributed by atoms with Crippen LogP contribution in [0, 0.1) is 0 Å². The molecule has 3 rings (SSSR count). The molecule has 1 heterocycles. The molecule has 2 N–H and O–H groups in total. The van der Waals surface area contributed by atoms with Crippen LogP contribution in [0.2, 0.25) is 10.0 Å². The molecular weight excluding hydrogens is 531 g/mol. The highest BCUT2D eigenvalue weighted by atomic mass is 79.9. The zero-order valence-electron chi connectivity index (χ0n) is 15.9. The summed E-state index contributed by atoms with van der Waals surface area (Å²) in [6.07, 6.45) is 1.66. The van der Waals surface area contributed by atoms with Crippen molar-refractivity contribution >= 4 is 79.7 Å². The fourth-order valence-corrected chi connectivity index (χ4v) is 4.27. The van der Waals surface area contributed by atoms with Gasteiger partial charge >= 0.3 is 5.97 Å². The zero-order chi connectivity index (χ0) is 22.5. The van der Waals surface area contributed by atoms with Gasteiger partial charge in [-0.05, 0) is 70.5 Å². The first kappa shape index (κ1) is 23.5. The van der Waals surface area contributed by atoms with Crippen molar-refractivity contribution in [3.63, 3.8) is 0 Å². The molecule has 0 spiro atoms. The lowest BCUT2D eigenvalue weighted by Crippen LogP contribution is -2.19.